The fraction of sp³-hybridized carbons (Fsp3) is 0.667. The number of rotatable bonds is 28. The van der Waals surface area contributed by atoms with Gasteiger partial charge in [-0.15, -0.1) is 0 Å². The fourth-order valence-electron chi connectivity index (χ4n) is 6.25. The molecular formula is C42H68O2. The monoisotopic (exact) mass is 605 g/mol. The van der Waals surface area contributed by atoms with Crippen LogP contribution in [0.15, 0.2) is 48.5 Å². The summed E-state index contributed by atoms with van der Waals surface area (Å²) >= 11 is 0. The summed E-state index contributed by atoms with van der Waals surface area (Å²) in [5, 5.41) is 0. The Morgan fingerprint density at radius 1 is 0.364 bits per heavy atom. The van der Waals surface area contributed by atoms with Gasteiger partial charge in [0.2, 0.25) is 0 Å². The molecule has 0 N–H and O–H groups in total. The lowest BCUT2D eigenvalue weighted by Gasteiger charge is -2.15. The Kier molecular flexibility index (Phi) is 22.5. The molecule has 248 valence electrons. The Balaban J connectivity index is 1.71. The van der Waals surface area contributed by atoms with Gasteiger partial charge in [0, 0.05) is 0 Å². The van der Waals surface area contributed by atoms with Crippen LogP contribution in [0.25, 0.3) is 11.1 Å². The van der Waals surface area contributed by atoms with E-state index in [1.165, 1.54) is 138 Å². The molecule has 0 aliphatic heterocycles. The van der Waals surface area contributed by atoms with Crippen LogP contribution >= 0.6 is 0 Å². The Morgan fingerprint density at radius 2 is 0.636 bits per heavy atom. The summed E-state index contributed by atoms with van der Waals surface area (Å²) in [7, 11) is 0. The van der Waals surface area contributed by atoms with Crippen molar-refractivity contribution in [2.24, 2.45) is 0 Å². The number of hydrogen-bond donors (Lipinski definition) is 0. The van der Waals surface area contributed by atoms with Crippen LogP contribution < -0.4 is 9.47 Å². The van der Waals surface area contributed by atoms with Crippen LogP contribution in [-0.2, 0) is 0 Å². The number of benzene rings is 2. The van der Waals surface area contributed by atoms with Crippen molar-refractivity contribution in [1.82, 2.24) is 0 Å². The van der Waals surface area contributed by atoms with Crippen molar-refractivity contribution in [3.8, 4) is 11.5 Å². The largest absolute Gasteiger partial charge is 0.494 e. The van der Waals surface area contributed by atoms with Gasteiger partial charge in [-0.1, -0.05) is 168 Å². The molecule has 2 heteroatoms. The van der Waals surface area contributed by atoms with E-state index in [-0.39, 0.29) is 0 Å². The molecule has 0 unspecified atom stereocenters. The second-order valence-electron chi connectivity index (χ2n) is 12.8. The lowest BCUT2D eigenvalue weighted by atomic mass is 9.91. The summed E-state index contributed by atoms with van der Waals surface area (Å²) in [6.45, 7) is 10.7. The Labute approximate surface area is 273 Å². The smallest absolute Gasteiger partial charge is 0.119 e. The van der Waals surface area contributed by atoms with Gasteiger partial charge >= 0.3 is 0 Å². The van der Waals surface area contributed by atoms with Crippen molar-refractivity contribution in [3.05, 3.63) is 59.7 Å². The van der Waals surface area contributed by atoms with Gasteiger partial charge in [0.1, 0.15) is 11.5 Å². The van der Waals surface area contributed by atoms with Gasteiger partial charge < -0.3 is 9.47 Å². The lowest BCUT2D eigenvalue weighted by molar-refractivity contribution is 0.304. The molecule has 0 radical (unpaired) electrons. The third kappa shape index (κ3) is 16.7. The van der Waals surface area contributed by atoms with E-state index in [4.69, 9.17) is 9.47 Å². The summed E-state index contributed by atoms with van der Waals surface area (Å²) in [4.78, 5) is 0. The molecule has 0 bridgehead atoms. The molecule has 0 aliphatic carbocycles. The van der Waals surface area contributed by atoms with Gasteiger partial charge in [-0.25, -0.2) is 0 Å². The second kappa shape index (κ2) is 26.0. The zero-order valence-electron chi connectivity index (χ0n) is 29.4. The van der Waals surface area contributed by atoms with Crippen molar-refractivity contribution < 1.29 is 9.47 Å². The Hall–Kier alpha value is -2.22. The van der Waals surface area contributed by atoms with Crippen molar-refractivity contribution >= 4 is 11.1 Å². The summed E-state index contributed by atoms with van der Waals surface area (Å²) in [5.41, 5.74) is 5.45. The third-order valence-corrected chi connectivity index (χ3v) is 9.01. The number of unbranched alkanes of at least 4 members (excludes halogenated alkanes) is 18. The molecule has 0 atom stereocenters. The van der Waals surface area contributed by atoms with Crippen molar-refractivity contribution in [3.63, 3.8) is 0 Å². The number of hydrogen-bond acceptors (Lipinski definition) is 2. The average molecular weight is 605 g/mol. The van der Waals surface area contributed by atoms with E-state index in [1.54, 1.807) is 0 Å². The summed E-state index contributed by atoms with van der Waals surface area (Å²) in [6.07, 6.45) is 29.1. The normalized spacial score (nSPS) is 11.9. The molecule has 0 fully saturated rings. The molecule has 2 rings (SSSR count). The highest BCUT2D eigenvalue weighted by molar-refractivity contribution is 5.90. The number of allylic oxidation sites excluding steroid dienone is 2. The van der Waals surface area contributed by atoms with Crippen LogP contribution in [0, 0.1) is 0 Å². The van der Waals surface area contributed by atoms with E-state index in [9.17, 15) is 0 Å². The molecule has 44 heavy (non-hydrogen) atoms. The van der Waals surface area contributed by atoms with Crippen LogP contribution in [0.5, 0.6) is 11.5 Å². The minimum Gasteiger partial charge on any atom is -0.494 e. The molecule has 2 aromatic rings. The Morgan fingerprint density at radius 3 is 0.909 bits per heavy atom. The van der Waals surface area contributed by atoms with E-state index in [1.807, 2.05) is 0 Å². The highest BCUT2D eigenvalue weighted by atomic mass is 16.5. The van der Waals surface area contributed by atoms with E-state index in [0.717, 1.165) is 50.4 Å². The summed E-state index contributed by atoms with van der Waals surface area (Å²) in [5.74, 6) is 1.98. The van der Waals surface area contributed by atoms with E-state index in [0.29, 0.717) is 0 Å². The Bertz CT molecular complexity index is 877. The van der Waals surface area contributed by atoms with E-state index >= 15 is 0 Å². The molecule has 0 heterocycles. The van der Waals surface area contributed by atoms with Crippen LogP contribution in [0.2, 0.25) is 0 Å². The van der Waals surface area contributed by atoms with Gasteiger partial charge in [-0.05, 0) is 72.2 Å². The molecule has 2 nitrogen and oxygen atoms in total. The van der Waals surface area contributed by atoms with Gasteiger partial charge in [-0.3, -0.25) is 0 Å². The van der Waals surface area contributed by atoms with Crippen molar-refractivity contribution in [2.75, 3.05) is 13.2 Å². The molecule has 0 aliphatic rings. The molecule has 0 spiro atoms. The van der Waals surface area contributed by atoms with Gasteiger partial charge in [-0.2, -0.15) is 0 Å². The van der Waals surface area contributed by atoms with E-state index < -0.39 is 0 Å². The van der Waals surface area contributed by atoms with Crippen LogP contribution in [0.3, 0.4) is 0 Å². The maximum absolute atomic E-state index is 6.08. The molecule has 0 aromatic heterocycles. The summed E-state index contributed by atoms with van der Waals surface area (Å²) < 4.78 is 12.2. The first-order valence-corrected chi connectivity index (χ1v) is 18.9. The lowest BCUT2D eigenvalue weighted by Crippen LogP contribution is -1.98. The molecule has 0 amide bonds. The highest BCUT2D eigenvalue weighted by Gasteiger charge is 2.10. The van der Waals surface area contributed by atoms with Gasteiger partial charge in [0.25, 0.3) is 0 Å². The average Bonchev–Trinajstić information content (AvgIpc) is 3.05. The molecule has 2 aromatic carbocycles. The molecule has 0 saturated heterocycles. The highest BCUT2D eigenvalue weighted by Crippen LogP contribution is 2.33. The van der Waals surface area contributed by atoms with Gasteiger partial charge in [0.15, 0.2) is 0 Å². The standard InChI is InChI=1S/C42H68O2/c1-5-9-11-13-15-17-19-21-23-25-35-43-39-31-27-37(28-32-39)41(7-3)42(8-4)38-29-33-40(34-30-38)44-36-26-24-22-20-18-16-14-12-10-6-2/h27-34H,5-26,35-36H2,1-4H3. The SMILES string of the molecule is CCCCCCCCCCCCOc1ccc(C(CC)=C(CC)c2ccc(OCCCCCCCCCCCC)cc2)cc1. The van der Waals surface area contributed by atoms with Crippen LogP contribution in [0.1, 0.15) is 180 Å². The van der Waals surface area contributed by atoms with Crippen LogP contribution in [0.4, 0.5) is 0 Å². The van der Waals surface area contributed by atoms with Crippen molar-refractivity contribution in [1.29, 1.82) is 0 Å². The number of ether oxygens (including phenoxy) is 2. The zero-order valence-corrected chi connectivity index (χ0v) is 29.4. The first-order chi connectivity index (χ1) is 21.7. The predicted octanol–water partition coefficient (Wildman–Crippen LogP) is 14.0. The van der Waals surface area contributed by atoms with Gasteiger partial charge in [0.05, 0.1) is 13.2 Å². The second-order valence-corrected chi connectivity index (χ2v) is 12.8. The minimum absolute atomic E-state index is 0.820. The predicted molar refractivity (Wildman–Crippen MR) is 195 cm³/mol. The zero-order chi connectivity index (χ0) is 31.5. The fourth-order valence-corrected chi connectivity index (χ4v) is 6.25. The summed E-state index contributed by atoms with van der Waals surface area (Å²) in [6, 6.07) is 17.6. The van der Waals surface area contributed by atoms with Crippen LogP contribution in [-0.4, -0.2) is 13.2 Å². The maximum Gasteiger partial charge on any atom is 0.119 e. The third-order valence-electron chi connectivity index (χ3n) is 9.01. The quantitative estimate of drug-likeness (QED) is 0.0710. The maximum atomic E-state index is 6.08. The first-order valence-electron chi connectivity index (χ1n) is 18.9. The van der Waals surface area contributed by atoms with Crippen molar-refractivity contribution in [2.45, 2.75) is 169 Å². The molecule has 0 saturated carbocycles. The topological polar surface area (TPSA) is 18.5 Å². The van der Waals surface area contributed by atoms with E-state index in [2.05, 4.69) is 76.2 Å². The minimum atomic E-state index is 0.820. The first kappa shape index (κ1) is 38.0. The molecular weight excluding hydrogens is 536 g/mol.